The molecule has 8 heteroatoms. The molecule has 0 aliphatic rings. The third-order valence-electron chi connectivity index (χ3n) is 4.47. The van der Waals surface area contributed by atoms with Gasteiger partial charge in [0.15, 0.2) is 0 Å². The first-order valence-electron chi connectivity index (χ1n) is 9.57. The Balaban J connectivity index is 4.19. The Labute approximate surface area is 163 Å². The van der Waals surface area contributed by atoms with Gasteiger partial charge >= 0.3 is 11.9 Å². The van der Waals surface area contributed by atoms with Crippen molar-refractivity contribution in [3.8, 4) is 0 Å². The highest BCUT2D eigenvalue weighted by molar-refractivity contribution is 5.74. The molecule has 160 valence electrons. The van der Waals surface area contributed by atoms with Crippen molar-refractivity contribution in [2.75, 3.05) is 26.4 Å². The average molecular weight is 391 g/mol. The third kappa shape index (κ3) is 12.0. The Morgan fingerprint density at radius 1 is 1.07 bits per heavy atom. The van der Waals surface area contributed by atoms with Crippen molar-refractivity contribution in [1.82, 2.24) is 5.32 Å². The van der Waals surface area contributed by atoms with Gasteiger partial charge in [0.2, 0.25) is 6.41 Å². The summed E-state index contributed by atoms with van der Waals surface area (Å²) < 4.78 is 15.3. The van der Waals surface area contributed by atoms with Gasteiger partial charge in [-0.1, -0.05) is 34.1 Å². The highest BCUT2D eigenvalue weighted by Crippen LogP contribution is 2.33. The predicted octanol–water partition coefficient (Wildman–Crippen LogP) is 1.54. The highest BCUT2D eigenvalue weighted by atomic mass is 16.6. The van der Waals surface area contributed by atoms with Crippen LogP contribution in [0.4, 0.5) is 0 Å². The van der Waals surface area contributed by atoms with Crippen LogP contribution in [0, 0.1) is 11.3 Å². The SMILES string of the molecule is CCC(=O)OCCNC(O)OCCOC(=O)C(CC(C)(C)CC)C(C)(C)N. The van der Waals surface area contributed by atoms with Gasteiger partial charge in [-0.15, -0.1) is 0 Å². The molecule has 0 saturated carbocycles. The van der Waals surface area contributed by atoms with Crippen molar-refractivity contribution in [2.45, 2.75) is 72.8 Å². The molecule has 0 aromatic heterocycles. The fourth-order valence-electron chi connectivity index (χ4n) is 2.26. The molecule has 0 bridgehead atoms. The normalized spacial score (nSPS) is 14.5. The van der Waals surface area contributed by atoms with Gasteiger partial charge < -0.3 is 25.1 Å². The van der Waals surface area contributed by atoms with E-state index in [9.17, 15) is 14.7 Å². The van der Waals surface area contributed by atoms with Gasteiger partial charge in [0.1, 0.15) is 13.2 Å². The molecule has 0 saturated heterocycles. The molecule has 0 radical (unpaired) electrons. The molecule has 0 rings (SSSR count). The lowest BCUT2D eigenvalue weighted by Gasteiger charge is -2.35. The van der Waals surface area contributed by atoms with E-state index in [0.717, 1.165) is 6.42 Å². The smallest absolute Gasteiger partial charge is 0.310 e. The molecule has 0 aromatic carbocycles. The zero-order valence-corrected chi connectivity index (χ0v) is 17.7. The highest BCUT2D eigenvalue weighted by Gasteiger charge is 2.37. The van der Waals surface area contributed by atoms with Crippen molar-refractivity contribution in [3.63, 3.8) is 0 Å². The number of carbonyl (C=O) groups is 2. The van der Waals surface area contributed by atoms with E-state index >= 15 is 0 Å². The van der Waals surface area contributed by atoms with Crippen molar-refractivity contribution in [1.29, 1.82) is 0 Å². The van der Waals surface area contributed by atoms with E-state index in [1.54, 1.807) is 6.92 Å². The average Bonchev–Trinajstić information content (AvgIpc) is 2.59. The maximum absolute atomic E-state index is 12.4. The van der Waals surface area contributed by atoms with Crippen molar-refractivity contribution < 1.29 is 28.9 Å². The van der Waals surface area contributed by atoms with Gasteiger partial charge in [0, 0.05) is 18.5 Å². The molecule has 0 aromatic rings. The number of rotatable bonds is 14. The van der Waals surface area contributed by atoms with E-state index < -0.39 is 17.9 Å². The first-order chi connectivity index (χ1) is 12.4. The molecule has 2 atom stereocenters. The summed E-state index contributed by atoms with van der Waals surface area (Å²) in [5.74, 6) is -1.09. The van der Waals surface area contributed by atoms with Crippen LogP contribution in [-0.2, 0) is 23.8 Å². The quantitative estimate of drug-likeness (QED) is 0.232. The van der Waals surface area contributed by atoms with Crippen LogP contribution in [0.15, 0.2) is 0 Å². The van der Waals surface area contributed by atoms with Crippen LogP contribution in [0.5, 0.6) is 0 Å². The lowest BCUT2D eigenvalue weighted by molar-refractivity contribution is -0.162. The third-order valence-corrected chi connectivity index (χ3v) is 4.47. The number of nitrogens with two attached hydrogens (primary N) is 1. The summed E-state index contributed by atoms with van der Waals surface area (Å²) in [6.45, 7) is 12.1. The Morgan fingerprint density at radius 3 is 2.22 bits per heavy atom. The number of hydrogen-bond donors (Lipinski definition) is 3. The second-order valence-corrected chi connectivity index (χ2v) is 8.01. The zero-order chi connectivity index (χ0) is 21.1. The maximum atomic E-state index is 12.4. The van der Waals surface area contributed by atoms with Gasteiger partial charge in [-0.05, 0) is 25.7 Å². The number of hydrogen-bond acceptors (Lipinski definition) is 8. The maximum Gasteiger partial charge on any atom is 0.310 e. The van der Waals surface area contributed by atoms with Crippen molar-refractivity contribution >= 4 is 11.9 Å². The Kier molecular flexibility index (Phi) is 11.7. The molecule has 0 fully saturated rings. The van der Waals surface area contributed by atoms with Crippen LogP contribution in [-0.4, -0.2) is 55.4 Å². The summed E-state index contributed by atoms with van der Waals surface area (Å²) in [6, 6.07) is 0. The number of aliphatic hydroxyl groups excluding tert-OH is 1. The largest absolute Gasteiger partial charge is 0.464 e. The molecule has 0 aliphatic heterocycles. The van der Waals surface area contributed by atoms with Crippen LogP contribution in [0.1, 0.15) is 60.8 Å². The van der Waals surface area contributed by atoms with Gasteiger partial charge in [-0.25, -0.2) is 0 Å². The second kappa shape index (κ2) is 12.3. The molecule has 2 unspecified atom stereocenters. The van der Waals surface area contributed by atoms with E-state index in [-0.39, 0.29) is 43.7 Å². The number of aliphatic hydroxyl groups is 1. The topological polar surface area (TPSA) is 120 Å². The molecule has 27 heavy (non-hydrogen) atoms. The van der Waals surface area contributed by atoms with E-state index in [2.05, 4.69) is 26.1 Å². The molecule has 0 amide bonds. The summed E-state index contributed by atoms with van der Waals surface area (Å²) in [5, 5.41) is 12.3. The molecule has 0 spiro atoms. The fourth-order valence-corrected chi connectivity index (χ4v) is 2.26. The lowest BCUT2D eigenvalue weighted by atomic mass is 9.74. The molecule has 8 nitrogen and oxygen atoms in total. The second-order valence-electron chi connectivity index (χ2n) is 8.01. The Bertz CT molecular complexity index is 448. The number of nitrogens with one attached hydrogen (secondary N) is 1. The Morgan fingerprint density at radius 2 is 1.70 bits per heavy atom. The molecule has 0 aliphatic carbocycles. The summed E-state index contributed by atoms with van der Waals surface area (Å²) >= 11 is 0. The number of ether oxygens (including phenoxy) is 3. The van der Waals surface area contributed by atoms with Gasteiger partial charge in [0.25, 0.3) is 0 Å². The number of carbonyl (C=O) groups excluding carboxylic acids is 2. The summed E-state index contributed by atoms with van der Waals surface area (Å²) in [7, 11) is 0. The fraction of sp³-hybridized carbons (Fsp3) is 0.895. The summed E-state index contributed by atoms with van der Waals surface area (Å²) in [4.78, 5) is 23.4. The van der Waals surface area contributed by atoms with Crippen molar-refractivity contribution in [3.05, 3.63) is 0 Å². The van der Waals surface area contributed by atoms with Crippen LogP contribution >= 0.6 is 0 Å². The molecule has 4 N–H and O–H groups in total. The van der Waals surface area contributed by atoms with E-state index in [1.165, 1.54) is 0 Å². The Hall–Kier alpha value is -1.22. The standard InChI is InChI=1S/C19H38N2O6/c1-7-15(22)25-10-9-21-17(24)27-12-11-26-16(23)14(19(5,6)20)13-18(3,4)8-2/h14,17,21,24H,7-13,20H2,1-6H3. The van der Waals surface area contributed by atoms with E-state index in [0.29, 0.717) is 12.8 Å². The monoisotopic (exact) mass is 390 g/mol. The zero-order valence-electron chi connectivity index (χ0n) is 17.7. The summed E-state index contributed by atoms with van der Waals surface area (Å²) in [6.07, 6.45) is 0.639. The minimum Gasteiger partial charge on any atom is -0.464 e. The van der Waals surface area contributed by atoms with Crippen LogP contribution < -0.4 is 11.1 Å². The molecular formula is C19H38N2O6. The minimum absolute atomic E-state index is 0.0154. The van der Waals surface area contributed by atoms with Gasteiger partial charge in [-0.3, -0.25) is 14.9 Å². The van der Waals surface area contributed by atoms with E-state index in [4.69, 9.17) is 19.9 Å². The molecular weight excluding hydrogens is 352 g/mol. The number of esters is 2. The lowest BCUT2D eigenvalue weighted by Crippen LogP contribution is -2.47. The predicted molar refractivity (Wildman–Crippen MR) is 103 cm³/mol. The van der Waals surface area contributed by atoms with Crippen LogP contribution in [0.2, 0.25) is 0 Å². The van der Waals surface area contributed by atoms with Gasteiger partial charge in [-0.2, -0.15) is 0 Å². The summed E-state index contributed by atoms with van der Waals surface area (Å²) in [5.41, 5.74) is 5.47. The molecule has 0 heterocycles. The van der Waals surface area contributed by atoms with Crippen LogP contribution in [0.25, 0.3) is 0 Å². The van der Waals surface area contributed by atoms with E-state index in [1.807, 2.05) is 13.8 Å². The van der Waals surface area contributed by atoms with Gasteiger partial charge in [0.05, 0.1) is 12.5 Å². The minimum atomic E-state index is -1.23. The first kappa shape index (κ1) is 25.8. The first-order valence-corrected chi connectivity index (χ1v) is 9.57. The van der Waals surface area contributed by atoms with Crippen molar-refractivity contribution in [2.24, 2.45) is 17.1 Å². The van der Waals surface area contributed by atoms with Crippen LogP contribution in [0.3, 0.4) is 0 Å².